The van der Waals surface area contributed by atoms with E-state index in [4.69, 9.17) is 0 Å². The highest BCUT2D eigenvalue weighted by atomic mass is 16.2. The van der Waals surface area contributed by atoms with Crippen LogP contribution in [0.1, 0.15) is 38.3 Å². The molecule has 2 heterocycles. The van der Waals surface area contributed by atoms with Gasteiger partial charge in [0.15, 0.2) is 0 Å². The van der Waals surface area contributed by atoms with E-state index in [1.165, 1.54) is 0 Å². The van der Waals surface area contributed by atoms with Crippen LogP contribution in [-0.4, -0.2) is 32.1 Å². The molecular formula is C13H22N4O. The van der Waals surface area contributed by atoms with Crippen molar-refractivity contribution in [3.63, 3.8) is 0 Å². The zero-order valence-electron chi connectivity index (χ0n) is 11.7. The average Bonchev–Trinajstić information content (AvgIpc) is 2.71. The van der Waals surface area contributed by atoms with Gasteiger partial charge in [0.2, 0.25) is 5.91 Å². The molecule has 0 saturated carbocycles. The van der Waals surface area contributed by atoms with Crippen molar-refractivity contribution >= 4 is 5.91 Å². The van der Waals surface area contributed by atoms with E-state index in [1.54, 1.807) is 4.68 Å². The Morgan fingerprint density at radius 3 is 2.72 bits per heavy atom. The minimum Gasteiger partial charge on any atom is -0.335 e. The molecule has 1 atom stereocenters. The number of likely N-dealkylation sites (tertiary alicyclic amines) is 1. The van der Waals surface area contributed by atoms with Crippen molar-refractivity contribution in [1.82, 2.24) is 19.7 Å². The minimum absolute atomic E-state index is 0.251. The smallest absolute Gasteiger partial charge is 0.223 e. The van der Waals surface area contributed by atoms with Gasteiger partial charge in [-0.05, 0) is 25.2 Å². The Bertz CT molecular complexity index is 438. The van der Waals surface area contributed by atoms with Crippen molar-refractivity contribution < 1.29 is 4.79 Å². The van der Waals surface area contributed by atoms with Crippen LogP contribution in [0.15, 0.2) is 0 Å². The lowest BCUT2D eigenvalue weighted by atomic mass is 9.96. The fraction of sp³-hybridized carbons (Fsp3) is 0.769. The number of aromatic nitrogens is 3. The van der Waals surface area contributed by atoms with Gasteiger partial charge in [0.05, 0.1) is 6.54 Å². The normalized spacial score (nSPS) is 20.2. The number of aryl methyl sites for hydroxylation is 2. The molecule has 18 heavy (non-hydrogen) atoms. The summed E-state index contributed by atoms with van der Waals surface area (Å²) in [5.41, 5.74) is 0. The third-order valence-electron chi connectivity index (χ3n) is 3.39. The highest BCUT2D eigenvalue weighted by Gasteiger charge is 2.30. The Hall–Kier alpha value is -1.39. The molecule has 0 aliphatic carbocycles. The number of hydrogen-bond acceptors (Lipinski definition) is 3. The van der Waals surface area contributed by atoms with Crippen molar-refractivity contribution in [2.45, 2.75) is 40.2 Å². The van der Waals surface area contributed by atoms with Gasteiger partial charge >= 0.3 is 0 Å². The molecule has 0 radical (unpaired) electrons. The lowest BCUT2D eigenvalue weighted by Gasteiger charge is -2.16. The molecular weight excluding hydrogens is 228 g/mol. The first-order valence-electron chi connectivity index (χ1n) is 6.60. The Labute approximate surface area is 108 Å². The number of nitrogens with zero attached hydrogens (tertiary/aromatic N) is 4. The van der Waals surface area contributed by atoms with E-state index >= 15 is 0 Å². The van der Waals surface area contributed by atoms with E-state index in [2.05, 4.69) is 23.9 Å². The van der Waals surface area contributed by atoms with Gasteiger partial charge in [-0.3, -0.25) is 9.48 Å². The lowest BCUT2D eigenvalue weighted by Crippen LogP contribution is -2.26. The van der Waals surface area contributed by atoms with E-state index in [0.29, 0.717) is 24.8 Å². The largest absolute Gasteiger partial charge is 0.335 e. The third-order valence-corrected chi connectivity index (χ3v) is 3.39. The lowest BCUT2D eigenvalue weighted by molar-refractivity contribution is -0.128. The average molecular weight is 250 g/mol. The standard InChI is InChI=1S/C13H22N4O/c1-9(2)5-11-6-13(18)17(7-11)8-12-14-10(3)15-16(12)4/h9,11H,5-8H2,1-4H3/t11-/m1/s1. The highest BCUT2D eigenvalue weighted by molar-refractivity contribution is 5.78. The number of amides is 1. The van der Waals surface area contributed by atoms with Crippen LogP contribution in [0.25, 0.3) is 0 Å². The molecule has 1 aromatic rings. The second-order valence-corrected chi connectivity index (χ2v) is 5.67. The Balaban J connectivity index is 1.98. The Morgan fingerprint density at radius 1 is 1.44 bits per heavy atom. The first-order valence-corrected chi connectivity index (χ1v) is 6.60. The first kappa shape index (κ1) is 13.1. The van der Waals surface area contributed by atoms with Gasteiger partial charge in [0.1, 0.15) is 11.6 Å². The fourth-order valence-electron chi connectivity index (χ4n) is 2.70. The summed E-state index contributed by atoms with van der Waals surface area (Å²) in [4.78, 5) is 18.2. The number of rotatable bonds is 4. The molecule has 5 nitrogen and oxygen atoms in total. The number of hydrogen-bond donors (Lipinski definition) is 0. The monoisotopic (exact) mass is 250 g/mol. The highest BCUT2D eigenvalue weighted by Crippen LogP contribution is 2.25. The molecule has 0 aromatic carbocycles. The van der Waals surface area contributed by atoms with Crippen molar-refractivity contribution in [1.29, 1.82) is 0 Å². The summed E-state index contributed by atoms with van der Waals surface area (Å²) in [7, 11) is 1.88. The first-order chi connectivity index (χ1) is 8.45. The van der Waals surface area contributed by atoms with Gasteiger partial charge in [-0.15, -0.1) is 0 Å². The summed E-state index contributed by atoms with van der Waals surface area (Å²) >= 11 is 0. The topological polar surface area (TPSA) is 51.0 Å². The van der Waals surface area contributed by atoms with Gasteiger partial charge in [-0.1, -0.05) is 13.8 Å². The molecule has 100 valence electrons. The van der Waals surface area contributed by atoms with E-state index in [-0.39, 0.29) is 5.91 Å². The molecule has 1 aliphatic heterocycles. The van der Waals surface area contributed by atoms with Crippen molar-refractivity contribution in [3.05, 3.63) is 11.6 Å². The zero-order valence-corrected chi connectivity index (χ0v) is 11.7. The van der Waals surface area contributed by atoms with Crippen LogP contribution in [-0.2, 0) is 18.4 Å². The quantitative estimate of drug-likeness (QED) is 0.814. The summed E-state index contributed by atoms with van der Waals surface area (Å²) < 4.78 is 1.76. The maximum Gasteiger partial charge on any atom is 0.223 e. The van der Waals surface area contributed by atoms with Crippen LogP contribution in [0.5, 0.6) is 0 Å². The molecule has 2 rings (SSSR count). The summed E-state index contributed by atoms with van der Waals surface area (Å²) in [5.74, 6) is 3.04. The zero-order chi connectivity index (χ0) is 13.3. The van der Waals surface area contributed by atoms with Gasteiger partial charge in [-0.2, -0.15) is 5.10 Å². The summed E-state index contributed by atoms with van der Waals surface area (Å²) in [6.45, 7) is 7.74. The van der Waals surface area contributed by atoms with Crippen LogP contribution >= 0.6 is 0 Å². The van der Waals surface area contributed by atoms with Crippen molar-refractivity contribution in [3.8, 4) is 0 Å². The van der Waals surface area contributed by atoms with Gasteiger partial charge in [0, 0.05) is 20.0 Å². The number of carbonyl (C=O) groups is 1. The maximum atomic E-state index is 12.0. The van der Waals surface area contributed by atoms with Gasteiger partial charge in [0.25, 0.3) is 0 Å². The summed E-state index contributed by atoms with van der Waals surface area (Å²) in [6.07, 6.45) is 1.81. The molecule has 0 N–H and O–H groups in total. The van der Waals surface area contributed by atoms with E-state index in [0.717, 1.165) is 24.6 Å². The maximum absolute atomic E-state index is 12.0. The van der Waals surface area contributed by atoms with E-state index in [1.807, 2.05) is 18.9 Å². The molecule has 0 bridgehead atoms. The van der Waals surface area contributed by atoms with Gasteiger partial charge in [-0.25, -0.2) is 4.98 Å². The molecule has 1 fully saturated rings. The van der Waals surface area contributed by atoms with E-state index < -0.39 is 0 Å². The predicted octanol–water partition coefficient (Wildman–Crippen LogP) is 1.52. The molecule has 1 saturated heterocycles. The fourth-order valence-corrected chi connectivity index (χ4v) is 2.70. The van der Waals surface area contributed by atoms with Crippen LogP contribution < -0.4 is 0 Å². The molecule has 1 aliphatic rings. The molecule has 5 heteroatoms. The second kappa shape index (κ2) is 5.08. The minimum atomic E-state index is 0.251. The van der Waals surface area contributed by atoms with Crippen LogP contribution in [0.3, 0.4) is 0 Å². The third kappa shape index (κ3) is 2.89. The van der Waals surface area contributed by atoms with Crippen LogP contribution in [0.2, 0.25) is 0 Å². The Morgan fingerprint density at radius 2 is 2.17 bits per heavy atom. The van der Waals surface area contributed by atoms with Crippen molar-refractivity contribution in [2.24, 2.45) is 18.9 Å². The second-order valence-electron chi connectivity index (χ2n) is 5.67. The summed E-state index contributed by atoms with van der Waals surface area (Å²) in [6, 6.07) is 0. The number of carbonyl (C=O) groups excluding carboxylic acids is 1. The Kier molecular flexibility index (Phi) is 3.68. The predicted molar refractivity (Wildman–Crippen MR) is 68.7 cm³/mol. The molecule has 1 aromatic heterocycles. The van der Waals surface area contributed by atoms with Gasteiger partial charge < -0.3 is 4.90 Å². The van der Waals surface area contributed by atoms with E-state index in [9.17, 15) is 4.79 Å². The SMILES string of the molecule is Cc1nc(CN2C[C@H](CC(C)C)CC2=O)n(C)n1. The molecule has 1 amide bonds. The molecule has 0 spiro atoms. The summed E-state index contributed by atoms with van der Waals surface area (Å²) in [5, 5.41) is 4.21. The van der Waals surface area contributed by atoms with Crippen LogP contribution in [0.4, 0.5) is 0 Å². The van der Waals surface area contributed by atoms with Crippen molar-refractivity contribution in [2.75, 3.05) is 6.54 Å². The molecule has 0 unspecified atom stereocenters. The van der Waals surface area contributed by atoms with Crippen LogP contribution in [0, 0.1) is 18.8 Å².